The van der Waals surface area contributed by atoms with Gasteiger partial charge < -0.3 is 14.4 Å². The smallest absolute Gasteiger partial charge is 0.253 e. The summed E-state index contributed by atoms with van der Waals surface area (Å²) in [6, 6.07) is 17.5. The first-order valence-corrected chi connectivity index (χ1v) is 12.5. The molecule has 34 heavy (non-hydrogen) atoms. The second kappa shape index (κ2) is 10.2. The normalized spacial score (nSPS) is 14.3. The molecule has 0 radical (unpaired) electrons. The van der Waals surface area contributed by atoms with E-state index in [4.69, 9.17) is 14.5 Å². The Kier molecular flexibility index (Phi) is 6.72. The molecule has 1 aliphatic rings. The maximum absolute atomic E-state index is 13.2. The number of ether oxygens (including phenoxy) is 2. The van der Waals surface area contributed by atoms with E-state index in [1.165, 1.54) is 9.71 Å². The van der Waals surface area contributed by atoms with Crippen LogP contribution >= 0.6 is 11.3 Å². The maximum atomic E-state index is 13.2. The lowest BCUT2D eigenvalue weighted by molar-refractivity contribution is 0.0712. The van der Waals surface area contributed by atoms with Crippen LogP contribution in [0.25, 0.3) is 10.2 Å². The zero-order valence-corrected chi connectivity index (χ0v) is 20.0. The summed E-state index contributed by atoms with van der Waals surface area (Å²) in [5.74, 6) is 1.64. The van der Waals surface area contributed by atoms with E-state index < -0.39 is 0 Å². The number of nitrogens with zero attached hydrogens (tertiary/aromatic N) is 3. The number of amides is 1. The van der Waals surface area contributed by atoms with E-state index in [2.05, 4.69) is 23.2 Å². The minimum atomic E-state index is 0.0301. The van der Waals surface area contributed by atoms with Gasteiger partial charge in [0.15, 0.2) is 11.5 Å². The Hall–Kier alpha value is -3.45. The van der Waals surface area contributed by atoms with E-state index in [1.807, 2.05) is 42.2 Å². The van der Waals surface area contributed by atoms with E-state index in [1.54, 1.807) is 29.8 Å². The summed E-state index contributed by atoms with van der Waals surface area (Å²) in [4.78, 5) is 24.1. The largest absolute Gasteiger partial charge is 0.490 e. The second-order valence-corrected chi connectivity index (χ2v) is 9.39. The molecule has 0 aliphatic carbocycles. The van der Waals surface area contributed by atoms with Crippen LogP contribution in [0.2, 0.25) is 0 Å². The molecule has 0 bridgehead atoms. The highest BCUT2D eigenvalue weighted by atomic mass is 32.1. The average Bonchev–Trinajstić information content (AvgIpc) is 3.33. The molecule has 0 spiro atoms. The van der Waals surface area contributed by atoms with E-state index in [9.17, 15) is 4.79 Å². The SMILES string of the molecule is CCOc1cc(C(=O)N2CCC(c3nc4ccccc4s3)CC2)ccc1OCc1cccnc1. The van der Waals surface area contributed by atoms with Crippen LogP contribution in [0.3, 0.4) is 0 Å². The number of thiazole rings is 1. The number of piperidine rings is 1. The fourth-order valence-corrected chi connectivity index (χ4v) is 5.39. The Morgan fingerprint density at radius 3 is 2.68 bits per heavy atom. The summed E-state index contributed by atoms with van der Waals surface area (Å²) >= 11 is 1.77. The van der Waals surface area contributed by atoms with Gasteiger partial charge in [0.2, 0.25) is 0 Å². The number of hydrogen-bond acceptors (Lipinski definition) is 6. The van der Waals surface area contributed by atoms with Gasteiger partial charge in [-0.05, 0) is 56.2 Å². The Morgan fingerprint density at radius 1 is 1.06 bits per heavy atom. The first-order valence-electron chi connectivity index (χ1n) is 11.6. The predicted molar refractivity (Wildman–Crippen MR) is 134 cm³/mol. The maximum Gasteiger partial charge on any atom is 0.253 e. The number of benzene rings is 2. The summed E-state index contributed by atoms with van der Waals surface area (Å²) in [6.45, 7) is 4.26. The first kappa shape index (κ1) is 22.3. The van der Waals surface area contributed by atoms with Crippen molar-refractivity contribution in [3.63, 3.8) is 0 Å². The van der Waals surface area contributed by atoms with Crippen molar-refractivity contribution in [1.82, 2.24) is 14.9 Å². The van der Waals surface area contributed by atoms with E-state index in [0.29, 0.717) is 36.2 Å². The van der Waals surface area contributed by atoms with Crippen molar-refractivity contribution in [3.05, 3.63) is 83.1 Å². The number of aromatic nitrogens is 2. The number of pyridine rings is 1. The Morgan fingerprint density at radius 2 is 1.91 bits per heavy atom. The molecule has 1 aliphatic heterocycles. The Balaban J connectivity index is 1.24. The lowest BCUT2D eigenvalue weighted by atomic mass is 9.97. The molecule has 0 saturated carbocycles. The number of fused-ring (bicyclic) bond motifs is 1. The minimum Gasteiger partial charge on any atom is -0.490 e. The molecule has 5 rings (SSSR count). The zero-order chi connectivity index (χ0) is 23.3. The van der Waals surface area contributed by atoms with Crippen molar-refractivity contribution in [3.8, 4) is 11.5 Å². The topological polar surface area (TPSA) is 64.5 Å². The van der Waals surface area contributed by atoms with Crippen LogP contribution in [0.4, 0.5) is 0 Å². The molecule has 6 nitrogen and oxygen atoms in total. The van der Waals surface area contributed by atoms with Gasteiger partial charge in [-0.2, -0.15) is 0 Å². The minimum absolute atomic E-state index is 0.0301. The number of likely N-dealkylation sites (tertiary alicyclic amines) is 1. The predicted octanol–water partition coefficient (Wildman–Crippen LogP) is 5.69. The third-order valence-electron chi connectivity index (χ3n) is 6.05. The molecule has 4 aromatic rings. The number of carbonyl (C=O) groups excluding carboxylic acids is 1. The van der Waals surface area contributed by atoms with Crippen LogP contribution in [-0.4, -0.2) is 40.5 Å². The quantitative estimate of drug-likeness (QED) is 0.345. The van der Waals surface area contributed by atoms with Gasteiger partial charge >= 0.3 is 0 Å². The summed E-state index contributed by atoms with van der Waals surface area (Å²) in [5, 5.41) is 1.18. The Bertz CT molecular complexity index is 1230. The molecule has 1 amide bonds. The summed E-state index contributed by atoms with van der Waals surface area (Å²) in [6.07, 6.45) is 5.36. The second-order valence-electron chi connectivity index (χ2n) is 8.33. The van der Waals surface area contributed by atoms with Crippen molar-refractivity contribution in [1.29, 1.82) is 0 Å². The lowest BCUT2D eigenvalue weighted by Crippen LogP contribution is -2.37. The molecular weight excluding hydrogens is 446 g/mol. The molecular formula is C27H27N3O3S. The summed E-state index contributed by atoms with van der Waals surface area (Å²) in [7, 11) is 0. The van der Waals surface area contributed by atoms with Gasteiger partial charge in [-0.3, -0.25) is 9.78 Å². The molecule has 0 N–H and O–H groups in total. The van der Waals surface area contributed by atoms with Gasteiger partial charge in [0.1, 0.15) is 6.61 Å². The van der Waals surface area contributed by atoms with E-state index in [0.717, 1.165) is 37.0 Å². The number of para-hydroxylation sites is 1. The van der Waals surface area contributed by atoms with Gasteiger partial charge in [-0.15, -0.1) is 11.3 Å². The van der Waals surface area contributed by atoms with E-state index >= 15 is 0 Å². The molecule has 1 fully saturated rings. The molecule has 2 aromatic heterocycles. The van der Waals surface area contributed by atoms with Crippen molar-refractivity contribution in [2.75, 3.05) is 19.7 Å². The fourth-order valence-electron chi connectivity index (χ4n) is 4.25. The first-order chi connectivity index (χ1) is 16.7. The molecule has 7 heteroatoms. The molecule has 2 aromatic carbocycles. The highest BCUT2D eigenvalue weighted by Crippen LogP contribution is 2.35. The van der Waals surface area contributed by atoms with Crippen molar-refractivity contribution in [2.24, 2.45) is 0 Å². The molecule has 0 atom stereocenters. The Labute approximate surface area is 203 Å². The molecule has 1 saturated heterocycles. The van der Waals surface area contributed by atoms with Crippen LogP contribution in [-0.2, 0) is 6.61 Å². The zero-order valence-electron chi connectivity index (χ0n) is 19.1. The third kappa shape index (κ3) is 4.89. The number of carbonyl (C=O) groups is 1. The van der Waals surface area contributed by atoms with Crippen LogP contribution in [0.5, 0.6) is 11.5 Å². The highest BCUT2D eigenvalue weighted by molar-refractivity contribution is 7.18. The van der Waals surface area contributed by atoms with Gasteiger partial charge in [-0.1, -0.05) is 18.2 Å². The van der Waals surface area contributed by atoms with Crippen LogP contribution in [0.15, 0.2) is 67.0 Å². The van der Waals surface area contributed by atoms with Crippen LogP contribution in [0, 0.1) is 0 Å². The van der Waals surface area contributed by atoms with Crippen LogP contribution in [0.1, 0.15) is 46.6 Å². The lowest BCUT2D eigenvalue weighted by Gasteiger charge is -2.31. The van der Waals surface area contributed by atoms with Gasteiger partial charge in [0, 0.05) is 42.5 Å². The summed E-state index contributed by atoms with van der Waals surface area (Å²) in [5.41, 5.74) is 2.66. The molecule has 3 heterocycles. The highest BCUT2D eigenvalue weighted by Gasteiger charge is 2.27. The summed E-state index contributed by atoms with van der Waals surface area (Å²) < 4.78 is 13.0. The van der Waals surface area contributed by atoms with Crippen molar-refractivity contribution >= 4 is 27.5 Å². The average molecular weight is 474 g/mol. The van der Waals surface area contributed by atoms with Crippen molar-refractivity contribution < 1.29 is 14.3 Å². The van der Waals surface area contributed by atoms with Crippen molar-refractivity contribution in [2.45, 2.75) is 32.3 Å². The van der Waals surface area contributed by atoms with E-state index in [-0.39, 0.29) is 5.91 Å². The number of rotatable bonds is 7. The standard InChI is InChI=1S/C27H27N3O3S/c1-2-32-24-16-21(9-10-23(24)33-18-19-6-5-13-28-17-19)27(31)30-14-11-20(12-15-30)26-29-22-7-3-4-8-25(22)34-26/h3-10,13,16-17,20H,2,11-12,14-15,18H2,1H3. The van der Waals surface area contributed by atoms with Crippen LogP contribution < -0.4 is 9.47 Å². The molecule has 174 valence electrons. The molecule has 0 unspecified atom stereocenters. The number of hydrogen-bond donors (Lipinski definition) is 0. The third-order valence-corrected chi connectivity index (χ3v) is 7.25. The monoisotopic (exact) mass is 473 g/mol. The van der Waals surface area contributed by atoms with Gasteiger partial charge in [0.05, 0.1) is 21.8 Å². The van der Waals surface area contributed by atoms with Gasteiger partial charge in [-0.25, -0.2) is 4.98 Å². The fraction of sp³-hybridized carbons (Fsp3) is 0.296. The van der Waals surface area contributed by atoms with Gasteiger partial charge in [0.25, 0.3) is 5.91 Å².